The van der Waals surface area contributed by atoms with Crippen LogP contribution in [0.5, 0.6) is 0 Å². The van der Waals surface area contributed by atoms with Gasteiger partial charge in [-0.2, -0.15) is 0 Å². The number of rotatable bonds is 2. The first-order valence-electron chi connectivity index (χ1n) is 8.80. The van der Waals surface area contributed by atoms with Crippen molar-refractivity contribution in [2.75, 3.05) is 19.6 Å². The van der Waals surface area contributed by atoms with Crippen molar-refractivity contribution in [1.29, 1.82) is 0 Å². The fraction of sp³-hybridized carbons (Fsp3) is 0.556. The van der Waals surface area contributed by atoms with Gasteiger partial charge in [-0.05, 0) is 51.7 Å². The van der Waals surface area contributed by atoms with Gasteiger partial charge < -0.3 is 34.2 Å². The third-order valence-corrected chi connectivity index (χ3v) is 5.74. The fourth-order valence-corrected chi connectivity index (χ4v) is 4.43. The number of hydrogen-bond donors (Lipinski definition) is 1. The van der Waals surface area contributed by atoms with Crippen LogP contribution in [0.2, 0.25) is 0 Å². The largest absolute Gasteiger partial charge is 0.779 e. The van der Waals surface area contributed by atoms with Crippen LogP contribution in [-0.4, -0.2) is 51.2 Å². The summed E-state index contributed by atoms with van der Waals surface area (Å²) in [5, 5.41) is 0. The quantitative estimate of drug-likeness (QED) is 0.851. The highest BCUT2D eigenvalue weighted by Gasteiger charge is 2.28. The van der Waals surface area contributed by atoms with Gasteiger partial charge in [-0.1, -0.05) is 12.1 Å². The van der Waals surface area contributed by atoms with E-state index in [4.69, 9.17) is 4.74 Å². The van der Waals surface area contributed by atoms with E-state index in [9.17, 15) is 13.9 Å². The number of nitrogens with one attached hydrogen (secondary N) is 1. The summed E-state index contributed by atoms with van der Waals surface area (Å²) in [4.78, 5) is 18.7. The smallest absolute Gasteiger partial charge is 0.410 e. The van der Waals surface area contributed by atoms with Crippen LogP contribution in [0.15, 0.2) is 34.2 Å². The second kappa shape index (κ2) is 7.09. The summed E-state index contributed by atoms with van der Waals surface area (Å²) in [6.45, 7) is 7.26. The Bertz CT molecular complexity index is 715. The Hall–Kier alpha value is -1.77. The summed E-state index contributed by atoms with van der Waals surface area (Å²) >= 11 is 0. The first-order chi connectivity index (χ1) is 12.2. The number of carbonyl (C=O) groups excluding carboxylic acids is 1. The van der Waals surface area contributed by atoms with Gasteiger partial charge in [0.15, 0.2) is 0 Å². The molecule has 1 fully saturated rings. The number of ether oxygens (including phenoxy) is 1. The molecule has 2 aliphatic rings. The second-order valence-corrected chi connectivity index (χ2v) is 9.38. The monoisotopic (exact) mass is 379 g/mol. The molecular weight excluding hydrogens is 354 g/mol. The highest BCUT2D eigenvalue weighted by Crippen LogP contribution is 2.50. The molecule has 8 heteroatoms. The number of sulfonamides is 1. The Morgan fingerprint density at radius 2 is 2.12 bits per heavy atom. The number of amides is 1. The molecule has 0 saturated carbocycles. The number of fused-ring (bicyclic) bond motifs is 1. The van der Waals surface area contributed by atoms with E-state index >= 15 is 0 Å². The lowest BCUT2D eigenvalue weighted by Gasteiger charge is -2.56. The first-order valence-corrected chi connectivity index (χ1v) is 10.3. The average Bonchev–Trinajstić information content (AvgIpc) is 2.83. The fourth-order valence-electron chi connectivity index (χ4n) is 3.18. The molecule has 1 aromatic rings. The van der Waals surface area contributed by atoms with E-state index in [-0.39, 0.29) is 16.9 Å². The summed E-state index contributed by atoms with van der Waals surface area (Å²) in [6.07, 6.45) is 1.53. The third-order valence-electron chi connectivity index (χ3n) is 4.34. The van der Waals surface area contributed by atoms with E-state index in [1.165, 1.54) is 0 Å². The zero-order valence-corrected chi connectivity index (χ0v) is 16.2. The van der Waals surface area contributed by atoms with E-state index in [0.717, 1.165) is 12.8 Å². The lowest BCUT2D eigenvalue weighted by Crippen LogP contribution is -2.43. The number of piperidine rings is 1. The van der Waals surface area contributed by atoms with Crippen LogP contribution in [-0.2, 0) is 4.74 Å². The normalized spacial score (nSPS) is 24.7. The van der Waals surface area contributed by atoms with Crippen LogP contribution >= 0.6 is 10.8 Å². The van der Waals surface area contributed by atoms with E-state index in [1.807, 2.05) is 20.8 Å². The van der Waals surface area contributed by atoms with Gasteiger partial charge in [0.1, 0.15) is 11.4 Å². The highest BCUT2D eigenvalue weighted by atomic mass is 32.3. The van der Waals surface area contributed by atoms with Gasteiger partial charge in [0.05, 0.1) is 0 Å². The Morgan fingerprint density at radius 1 is 1.38 bits per heavy atom. The summed E-state index contributed by atoms with van der Waals surface area (Å²) in [7, 11) is -3.52. The molecule has 1 saturated heterocycles. The number of likely N-dealkylation sites (tertiary alicyclic amines) is 1. The van der Waals surface area contributed by atoms with E-state index in [2.05, 4.69) is 9.71 Å². The maximum Gasteiger partial charge on any atom is 0.410 e. The Balaban J connectivity index is 1.65. The molecule has 7 nitrogen and oxygen atoms in total. The number of benzene rings is 1. The molecule has 1 unspecified atom stereocenters. The van der Waals surface area contributed by atoms with Crippen molar-refractivity contribution < 1.29 is 18.6 Å². The van der Waals surface area contributed by atoms with Crippen molar-refractivity contribution in [3.8, 4) is 0 Å². The van der Waals surface area contributed by atoms with Crippen LogP contribution in [0, 0.1) is 5.92 Å². The van der Waals surface area contributed by atoms with Crippen LogP contribution in [0.4, 0.5) is 4.79 Å². The van der Waals surface area contributed by atoms with Crippen molar-refractivity contribution >= 4 is 22.7 Å². The molecule has 0 aliphatic carbocycles. The minimum Gasteiger partial charge on any atom is -0.779 e. The molecule has 0 spiro atoms. The Kier molecular flexibility index (Phi) is 5.18. The summed E-state index contributed by atoms with van der Waals surface area (Å²) in [5.41, 5.74) is 0.0862. The molecule has 2 heterocycles. The molecule has 26 heavy (non-hydrogen) atoms. The molecule has 0 radical (unpaired) electrons. The molecule has 1 amide bonds. The highest BCUT2D eigenvalue weighted by molar-refractivity contribution is 8.23. The van der Waals surface area contributed by atoms with Gasteiger partial charge in [0.2, 0.25) is 0 Å². The SMILES string of the molecule is CC(C)(C)OC(=O)N1CCCC(CN=C2NS([O-])([O-])c3ccccc32)C1. The van der Waals surface area contributed by atoms with Crippen LogP contribution in [0.3, 0.4) is 0 Å². The van der Waals surface area contributed by atoms with Gasteiger partial charge >= 0.3 is 6.09 Å². The van der Waals surface area contributed by atoms with Crippen LogP contribution in [0.1, 0.15) is 39.2 Å². The molecule has 1 atom stereocenters. The number of amidine groups is 1. The van der Waals surface area contributed by atoms with E-state index in [0.29, 0.717) is 31.0 Å². The topological polar surface area (TPSA) is 100 Å². The summed E-state index contributed by atoms with van der Waals surface area (Å²) in [6, 6.07) is 6.81. The molecule has 3 rings (SSSR count). The first kappa shape index (κ1) is 19.0. The Labute approximate surface area is 155 Å². The number of nitrogens with zero attached hydrogens (tertiary/aromatic N) is 2. The predicted octanol–water partition coefficient (Wildman–Crippen LogP) is 3.02. The maximum absolute atomic E-state index is 12.2. The zero-order valence-electron chi connectivity index (χ0n) is 15.4. The third kappa shape index (κ3) is 4.31. The van der Waals surface area contributed by atoms with Crippen molar-refractivity contribution in [2.24, 2.45) is 10.9 Å². The summed E-state index contributed by atoms with van der Waals surface area (Å²) < 4.78 is 32.2. The van der Waals surface area contributed by atoms with Crippen molar-refractivity contribution in [3.63, 3.8) is 0 Å². The Morgan fingerprint density at radius 3 is 2.85 bits per heavy atom. The lowest BCUT2D eigenvalue weighted by atomic mass is 9.98. The minimum absolute atomic E-state index is 0.182. The molecule has 144 valence electrons. The second-order valence-electron chi connectivity index (χ2n) is 7.73. The molecular formula is C18H25N3O4S-2. The van der Waals surface area contributed by atoms with Crippen LogP contribution in [0.25, 0.3) is 0 Å². The minimum atomic E-state index is -3.52. The van der Waals surface area contributed by atoms with Crippen molar-refractivity contribution in [3.05, 3.63) is 29.8 Å². The van der Waals surface area contributed by atoms with Crippen molar-refractivity contribution in [1.82, 2.24) is 9.62 Å². The average molecular weight is 379 g/mol. The summed E-state index contributed by atoms with van der Waals surface area (Å²) in [5.74, 6) is 0.566. The molecule has 0 aromatic heterocycles. The number of aliphatic imine (C=N–C) groups is 1. The standard InChI is InChI=1S/C18H27N3O4S/c1-18(2,3)25-17(22)21-10-6-7-13(12-21)11-19-16-14-8-4-5-9-15(14)26(23,24)20-16/h4-5,8-9,13,23-24H,6-7,10-12H2,1-3H3,(H,19,20)/p-2. The molecule has 2 aliphatic heterocycles. The van der Waals surface area contributed by atoms with Crippen LogP contribution < -0.4 is 4.72 Å². The maximum atomic E-state index is 12.2. The number of hydrogen-bond acceptors (Lipinski definition) is 5. The lowest BCUT2D eigenvalue weighted by molar-refractivity contribution is 0.0171. The van der Waals surface area contributed by atoms with Gasteiger partial charge in [-0.15, -0.1) is 0 Å². The van der Waals surface area contributed by atoms with E-state index < -0.39 is 16.4 Å². The van der Waals surface area contributed by atoms with Gasteiger partial charge in [0, 0.05) is 30.1 Å². The van der Waals surface area contributed by atoms with Gasteiger partial charge in [0.25, 0.3) is 0 Å². The molecule has 0 bridgehead atoms. The zero-order chi connectivity index (χ0) is 18.9. The van der Waals surface area contributed by atoms with Crippen molar-refractivity contribution in [2.45, 2.75) is 44.1 Å². The predicted molar refractivity (Wildman–Crippen MR) is 98.9 cm³/mol. The van der Waals surface area contributed by atoms with Gasteiger partial charge in [-0.3, -0.25) is 4.99 Å². The molecule has 1 aromatic carbocycles. The van der Waals surface area contributed by atoms with Gasteiger partial charge in [-0.25, -0.2) is 4.79 Å². The molecule has 1 N–H and O–H groups in total. The number of carbonyl (C=O) groups is 1. The van der Waals surface area contributed by atoms with E-state index in [1.54, 1.807) is 29.2 Å².